The van der Waals surface area contributed by atoms with E-state index in [1.807, 2.05) is 38.1 Å². The molecule has 0 radical (unpaired) electrons. The van der Waals surface area contributed by atoms with Gasteiger partial charge >= 0.3 is 6.18 Å². The van der Waals surface area contributed by atoms with Crippen LogP contribution in [0, 0.1) is 12.7 Å². The van der Waals surface area contributed by atoms with Crippen molar-refractivity contribution in [3.63, 3.8) is 0 Å². The van der Waals surface area contributed by atoms with Gasteiger partial charge in [0.2, 0.25) is 0 Å². The summed E-state index contributed by atoms with van der Waals surface area (Å²) in [6, 6.07) is 6.60. The van der Waals surface area contributed by atoms with Crippen LogP contribution in [0.5, 0.6) is 0 Å². The number of aryl methyl sites for hydroxylation is 1. The van der Waals surface area contributed by atoms with E-state index in [-0.39, 0.29) is 5.82 Å². The van der Waals surface area contributed by atoms with Gasteiger partial charge in [0.15, 0.2) is 11.6 Å². The second kappa shape index (κ2) is 8.96. The van der Waals surface area contributed by atoms with Gasteiger partial charge in [-0.2, -0.15) is 13.2 Å². The molecule has 1 aliphatic rings. The molecular weight excluding hydrogens is 406 g/mol. The third kappa shape index (κ3) is 4.81. The van der Waals surface area contributed by atoms with Crippen LogP contribution in [0.3, 0.4) is 0 Å². The van der Waals surface area contributed by atoms with E-state index in [0.717, 1.165) is 33.5 Å². The number of pyridine rings is 1. The van der Waals surface area contributed by atoms with Gasteiger partial charge in [0.25, 0.3) is 0 Å². The summed E-state index contributed by atoms with van der Waals surface area (Å²) >= 11 is 0. The third-order valence-electron chi connectivity index (χ3n) is 5.36. The standard InChI is InChI=1S/C24H25F4N3/c1-5-6-17-7-8-18(11-16(17)3)22(29-4)20-14-31(10-9-15(20)2)23-21(25)12-19(13-30-23)24(26,27)28/h5-8,11-13,29H,2,9-10,14H2,1,3-4H3/b6-5-,22-20-. The van der Waals surface area contributed by atoms with Crippen molar-refractivity contribution < 1.29 is 17.6 Å². The van der Waals surface area contributed by atoms with Crippen LogP contribution in [0.15, 0.2) is 54.3 Å². The zero-order chi connectivity index (χ0) is 22.8. The first-order chi connectivity index (χ1) is 14.7. The summed E-state index contributed by atoms with van der Waals surface area (Å²) in [6.07, 6.45) is 0.604. The Bertz CT molecular complexity index is 1050. The van der Waals surface area contributed by atoms with Crippen molar-refractivity contribution in [3.8, 4) is 0 Å². The van der Waals surface area contributed by atoms with Crippen molar-refractivity contribution in [2.45, 2.75) is 26.4 Å². The van der Waals surface area contributed by atoms with E-state index in [4.69, 9.17) is 0 Å². The lowest BCUT2D eigenvalue weighted by atomic mass is 9.93. The first-order valence-electron chi connectivity index (χ1n) is 9.96. The lowest BCUT2D eigenvalue weighted by Crippen LogP contribution is -2.35. The highest BCUT2D eigenvalue weighted by atomic mass is 19.4. The van der Waals surface area contributed by atoms with Gasteiger partial charge in [0.1, 0.15) is 0 Å². The summed E-state index contributed by atoms with van der Waals surface area (Å²) in [5.41, 5.74) is 4.74. The second-order valence-corrected chi connectivity index (χ2v) is 7.48. The summed E-state index contributed by atoms with van der Waals surface area (Å²) in [6.45, 7) is 8.86. The number of nitrogens with zero attached hydrogens (tertiary/aromatic N) is 2. The van der Waals surface area contributed by atoms with E-state index in [2.05, 4.69) is 22.9 Å². The number of rotatable bonds is 4. The van der Waals surface area contributed by atoms with Gasteiger partial charge in [-0.25, -0.2) is 9.37 Å². The minimum atomic E-state index is -4.64. The largest absolute Gasteiger partial charge is 0.417 e. The van der Waals surface area contributed by atoms with Crippen molar-refractivity contribution in [1.82, 2.24) is 10.3 Å². The van der Waals surface area contributed by atoms with Crippen LogP contribution in [0.2, 0.25) is 0 Å². The molecule has 0 aliphatic carbocycles. The fourth-order valence-corrected chi connectivity index (χ4v) is 3.72. The SMILES string of the molecule is C=C1CCN(c2ncc(C(F)(F)F)cc2F)C/C1=C(/NC)c1ccc(/C=C\C)c(C)c1. The van der Waals surface area contributed by atoms with Gasteiger partial charge in [0, 0.05) is 32.0 Å². The number of piperidine rings is 1. The molecule has 2 heterocycles. The van der Waals surface area contributed by atoms with Gasteiger partial charge < -0.3 is 10.2 Å². The van der Waals surface area contributed by atoms with Crippen molar-refractivity contribution >= 4 is 17.6 Å². The van der Waals surface area contributed by atoms with Crippen molar-refractivity contribution in [3.05, 3.63) is 82.3 Å². The van der Waals surface area contributed by atoms with Crippen molar-refractivity contribution in [2.75, 3.05) is 25.0 Å². The molecule has 7 heteroatoms. The zero-order valence-electron chi connectivity index (χ0n) is 17.8. The molecule has 0 unspecified atom stereocenters. The molecular formula is C24H25F4N3. The summed E-state index contributed by atoms with van der Waals surface area (Å²) in [7, 11) is 1.81. The number of nitrogens with one attached hydrogen (secondary N) is 1. The Balaban J connectivity index is 1.98. The molecule has 1 aromatic heterocycles. The third-order valence-corrected chi connectivity index (χ3v) is 5.36. The molecule has 1 N–H and O–H groups in total. The van der Waals surface area contributed by atoms with E-state index < -0.39 is 17.6 Å². The number of benzene rings is 1. The lowest BCUT2D eigenvalue weighted by molar-refractivity contribution is -0.138. The molecule has 0 saturated carbocycles. The van der Waals surface area contributed by atoms with Crippen molar-refractivity contribution in [2.24, 2.45) is 0 Å². The van der Waals surface area contributed by atoms with Crippen LogP contribution in [0.1, 0.15) is 35.6 Å². The smallest absolute Gasteiger partial charge is 0.387 e. The van der Waals surface area contributed by atoms with Crippen LogP contribution < -0.4 is 10.2 Å². The number of halogens is 4. The first kappa shape index (κ1) is 22.6. The van der Waals surface area contributed by atoms with E-state index >= 15 is 0 Å². The minimum Gasteiger partial charge on any atom is -0.387 e. The molecule has 3 nitrogen and oxygen atoms in total. The molecule has 0 atom stereocenters. The van der Waals surface area contributed by atoms with Crippen LogP contribution in [-0.2, 0) is 6.18 Å². The van der Waals surface area contributed by atoms with Gasteiger partial charge in [-0.15, -0.1) is 0 Å². The molecule has 2 aromatic rings. The number of hydrogen-bond acceptors (Lipinski definition) is 3. The maximum atomic E-state index is 14.5. The Kier molecular flexibility index (Phi) is 6.53. The van der Waals surface area contributed by atoms with Gasteiger partial charge in [0.05, 0.1) is 5.56 Å². The summed E-state index contributed by atoms with van der Waals surface area (Å²) in [5.74, 6) is -1.08. The molecule has 1 fully saturated rings. The average Bonchev–Trinajstić information content (AvgIpc) is 2.71. The van der Waals surface area contributed by atoms with E-state index in [1.54, 1.807) is 11.9 Å². The molecule has 1 aliphatic heterocycles. The molecule has 3 rings (SSSR count). The molecule has 0 amide bonds. The quantitative estimate of drug-likeness (QED) is 0.604. The van der Waals surface area contributed by atoms with E-state index in [1.165, 1.54) is 0 Å². The zero-order valence-corrected chi connectivity index (χ0v) is 17.8. The van der Waals surface area contributed by atoms with Crippen molar-refractivity contribution in [1.29, 1.82) is 0 Å². The predicted molar refractivity (Wildman–Crippen MR) is 117 cm³/mol. The summed E-state index contributed by atoms with van der Waals surface area (Å²) < 4.78 is 53.1. The number of hydrogen-bond donors (Lipinski definition) is 1. The Morgan fingerprint density at radius 3 is 2.58 bits per heavy atom. The molecule has 31 heavy (non-hydrogen) atoms. The minimum absolute atomic E-state index is 0.0898. The molecule has 1 saturated heterocycles. The average molecular weight is 431 g/mol. The Morgan fingerprint density at radius 2 is 2.00 bits per heavy atom. The number of anilines is 1. The fraction of sp³-hybridized carbons (Fsp3) is 0.292. The first-order valence-corrected chi connectivity index (χ1v) is 9.96. The number of aromatic nitrogens is 1. The maximum absolute atomic E-state index is 14.5. The maximum Gasteiger partial charge on any atom is 0.417 e. The second-order valence-electron chi connectivity index (χ2n) is 7.48. The van der Waals surface area contributed by atoms with Crippen LogP contribution in [0.25, 0.3) is 11.8 Å². The summed E-state index contributed by atoms with van der Waals surface area (Å²) in [4.78, 5) is 5.43. The van der Waals surface area contributed by atoms with Crippen LogP contribution in [0.4, 0.5) is 23.4 Å². The fourth-order valence-electron chi connectivity index (χ4n) is 3.72. The van der Waals surface area contributed by atoms with Gasteiger partial charge in [-0.05, 0) is 60.2 Å². The highest BCUT2D eigenvalue weighted by Gasteiger charge is 2.33. The number of allylic oxidation sites excluding steroid dienone is 1. The van der Waals surface area contributed by atoms with Crippen LogP contribution in [-0.4, -0.2) is 25.1 Å². The summed E-state index contributed by atoms with van der Waals surface area (Å²) in [5, 5.41) is 3.22. The highest BCUT2D eigenvalue weighted by Crippen LogP contribution is 2.34. The Labute approximate surface area is 179 Å². The normalized spacial score (nSPS) is 16.7. The predicted octanol–water partition coefficient (Wildman–Crippen LogP) is 5.98. The number of alkyl halides is 3. The molecule has 0 bridgehead atoms. The Hall–Kier alpha value is -3.09. The monoisotopic (exact) mass is 431 g/mol. The van der Waals surface area contributed by atoms with Gasteiger partial charge in [-0.3, -0.25) is 0 Å². The Morgan fingerprint density at radius 1 is 1.26 bits per heavy atom. The molecule has 1 aromatic carbocycles. The lowest BCUT2D eigenvalue weighted by Gasteiger charge is -2.33. The van der Waals surface area contributed by atoms with E-state index in [0.29, 0.717) is 31.8 Å². The van der Waals surface area contributed by atoms with Gasteiger partial charge in [-0.1, -0.05) is 30.9 Å². The molecule has 164 valence electrons. The van der Waals surface area contributed by atoms with E-state index in [9.17, 15) is 17.6 Å². The molecule has 0 spiro atoms. The highest BCUT2D eigenvalue weighted by molar-refractivity contribution is 5.74. The van der Waals surface area contributed by atoms with Crippen LogP contribution >= 0.6 is 0 Å². The topological polar surface area (TPSA) is 28.2 Å².